The van der Waals surface area contributed by atoms with E-state index in [1.807, 2.05) is 13.0 Å². The van der Waals surface area contributed by atoms with Crippen LogP contribution in [0.1, 0.15) is 31.6 Å². The minimum atomic E-state index is -3.67. The van der Waals surface area contributed by atoms with Gasteiger partial charge >= 0.3 is 0 Å². The molecular formula is C19H23FN2O4S. The second-order valence-electron chi connectivity index (χ2n) is 6.77. The van der Waals surface area contributed by atoms with Crippen LogP contribution in [0, 0.1) is 11.7 Å². The SMILES string of the molecule is CC(c1ccco1)N(C)C(=O)C1CCN(S(=O)(=O)c2ccc(F)cc2)CC1. The number of halogens is 1. The largest absolute Gasteiger partial charge is 0.467 e. The molecule has 6 nitrogen and oxygen atoms in total. The number of carbonyl (C=O) groups is 1. The number of hydrogen-bond donors (Lipinski definition) is 0. The van der Waals surface area contributed by atoms with E-state index in [9.17, 15) is 17.6 Å². The van der Waals surface area contributed by atoms with E-state index >= 15 is 0 Å². The highest BCUT2D eigenvalue weighted by atomic mass is 32.2. The van der Waals surface area contributed by atoms with Crippen molar-refractivity contribution in [3.63, 3.8) is 0 Å². The molecule has 0 saturated carbocycles. The Morgan fingerprint density at radius 3 is 2.41 bits per heavy atom. The minimum Gasteiger partial charge on any atom is -0.467 e. The van der Waals surface area contributed by atoms with Crippen molar-refractivity contribution >= 4 is 15.9 Å². The maximum absolute atomic E-state index is 13.0. The first kappa shape index (κ1) is 19.6. The van der Waals surface area contributed by atoms with Crippen molar-refractivity contribution in [3.8, 4) is 0 Å². The molecular weight excluding hydrogens is 371 g/mol. The van der Waals surface area contributed by atoms with Crippen LogP contribution in [0.3, 0.4) is 0 Å². The van der Waals surface area contributed by atoms with Crippen molar-refractivity contribution in [2.24, 2.45) is 5.92 Å². The molecule has 1 atom stereocenters. The summed E-state index contributed by atoms with van der Waals surface area (Å²) in [6, 6.07) is 8.22. The average Bonchev–Trinajstić information content (AvgIpc) is 3.21. The zero-order valence-corrected chi connectivity index (χ0v) is 16.2. The second-order valence-corrected chi connectivity index (χ2v) is 8.71. The van der Waals surface area contributed by atoms with Crippen molar-refractivity contribution < 1.29 is 22.0 Å². The van der Waals surface area contributed by atoms with Gasteiger partial charge in [-0.3, -0.25) is 4.79 Å². The smallest absolute Gasteiger partial charge is 0.243 e. The number of rotatable bonds is 5. The van der Waals surface area contributed by atoms with E-state index in [0.29, 0.717) is 18.6 Å². The average molecular weight is 394 g/mol. The van der Waals surface area contributed by atoms with Crippen LogP contribution in [-0.4, -0.2) is 43.7 Å². The Bertz CT molecular complexity index is 873. The van der Waals surface area contributed by atoms with Gasteiger partial charge in [-0.15, -0.1) is 0 Å². The van der Waals surface area contributed by atoms with Gasteiger partial charge in [0.15, 0.2) is 0 Å². The summed E-state index contributed by atoms with van der Waals surface area (Å²) in [6.45, 7) is 2.42. The molecule has 1 amide bonds. The Kier molecular flexibility index (Phi) is 5.67. The standard InChI is InChI=1S/C19H23FN2O4S/c1-14(18-4-3-13-26-18)21(2)19(23)15-9-11-22(12-10-15)27(24,25)17-7-5-16(20)6-8-17/h3-8,13-15H,9-12H2,1-2H3. The molecule has 0 N–H and O–H groups in total. The van der Waals surface area contributed by atoms with Gasteiger partial charge in [0.25, 0.3) is 0 Å². The lowest BCUT2D eigenvalue weighted by Crippen LogP contribution is -2.43. The highest BCUT2D eigenvalue weighted by Crippen LogP contribution is 2.28. The quantitative estimate of drug-likeness (QED) is 0.782. The van der Waals surface area contributed by atoms with E-state index < -0.39 is 15.8 Å². The van der Waals surface area contributed by atoms with Gasteiger partial charge in [0.05, 0.1) is 17.2 Å². The number of sulfonamides is 1. The van der Waals surface area contributed by atoms with Crippen LogP contribution in [0.15, 0.2) is 52.0 Å². The third-order valence-corrected chi connectivity index (χ3v) is 7.05. The summed E-state index contributed by atoms with van der Waals surface area (Å²) in [5.41, 5.74) is 0. The summed E-state index contributed by atoms with van der Waals surface area (Å²) >= 11 is 0. The number of piperidine rings is 1. The number of benzene rings is 1. The predicted molar refractivity (Wildman–Crippen MR) is 97.8 cm³/mol. The molecule has 0 aliphatic carbocycles. The third kappa shape index (κ3) is 4.06. The molecule has 1 saturated heterocycles. The molecule has 3 rings (SSSR count). The van der Waals surface area contributed by atoms with Gasteiger partial charge in [-0.25, -0.2) is 12.8 Å². The Labute approximate surface area is 158 Å². The molecule has 1 aliphatic heterocycles. The van der Waals surface area contributed by atoms with Crippen LogP contribution in [0.25, 0.3) is 0 Å². The summed E-state index contributed by atoms with van der Waals surface area (Å²) in [7, 11) is -1.94. The summed E-state index contributed by atoms with van der Waals surface area (Å²) in [6.07, 6.45) is 2.48. The Hall–Kier alpha value is -2.19. The van der Waals surface area contributed by atoms with Gasteiger partial charge in [-0.2, -0.15) is 4.31 Å². The molecule has 1 aromatic heterocycles. The monoisotopic (exact) mass is 394 g/mol. The fourth-order valence-corrected chi connectivity index (χ4v) is 4.77. The lowest BCUT2D eigenvalue weighted by atomic mass is 9.96. The van der Waals surface area contributed by atoms with Crippen LogP contribution in [-0.2, 0) is 14.8 Å². The number of nitrogens with zero attached hydrogens (tertiary/aromatic N) is 2. The van der Waals surface area contributed by atoms with Crippen molar-refractivity contribution in [3.05, 3.63) is 54.2 Å². The Morgan fingerprint density at radius 2 is 1.85 bits per heavy atom. The maximum Gasteiger partial charge on any atom is 0.243 e. The highest BCUT2D eigenvalue weighted by Gasteiger charge is 2.34. The van der Waals surface area contributed by atoms with Gasteiger partial charge < -0.3 is 9.32 Å². The predicted octanol–water partition coefficient (Wildman–Crippen LogP) is 3.04. The van der Waals surface area contributed by atoms with E-state index in [-0.39, 0.29) is 35.9 Å². The fraction of sp³-hybridized carbons (Fsp3) is 0.421. The molecule has 1 aliphatic rings. The molecule has 0 bridgehead atoms. The van der Waals surface area contributed by atoms with Gasteiger partial charge in [0, 0.05) is 26.1 Å². The van der Waals surface area contributed by atoms with Crippen LogP contribution in [0.5, 0.6) is 0 Å². The van der Waals surface area contributed by atoms with Crippen LogP contribution >= 0.6 is 0 Å². The fourth-order valence-electron chi connectivity index (χ4n) is 3.30. The zero-order valence-electron chi connectivity index (χ0n) is 15.3. The first-order valence-electron chi connectivity index (χ1n) is 8.86. The first-order chi connectivity index (χ1) is 12.8. The van der Waals surface area contributed by atoms with Crippen LogP contribution < -0.4 is 0 Å². The number of amides is 1. The highest BCUT2D eigenvalue weighted by molar-refractivity contribution is 7.89. The molecule has 2 heterocycles. The molecule has 8 heteroatoms. The van der Waals surface area contributed by atoms with Crippen LogP contribution in [0.2, 0.25) is 0 Å². The summed E-state index contributed by atoms with van der Waals surface area (Å²) in [5, 5.41) is 0. The normalized spacial score (nSPS) is 17.6. The van der Waals surface area contributed by atoms with Gasteiger partial charge in [-0.05, 0) is 56.2 Å². The molecule has 0 spiro atoms. The van der Waals surface area contributed by atoms with Crippen molar-refractivity contribution in [2.45, 2.75) is 30.7 Å². The van der Waals surface area contributed by atoms with Crippen LogP contribution in [0.4, 0.5) is 4.39 Å². The topological polar surface area (TPSA) is 70.8 Å². The van der Waals surface area contributed by atoms with Crippen molar-refractivity contribution in [2.75, 3.05) is 20.1 Å². The van der Waals surface area contributed by atoms with Gasteiger partial charge in [0.1, 0.15) is 11.6 Å². The zero-order chi connectivity index (χ0) is 19.6. The van der Waals surface area contributed by atoms with Crippen molar-refractivity contribution in [1.29, 1.82) is 0 Å². The minimum absolute atomic E-state index is 0.0160. The molecule has 1 fully saturated rings. The molecule has 1 unspecified atom stereocenters. The lowest BCUT2D eigenvalue weighted by molar-refractivity contribution is -0.137. The maximum atomic E-state index is 13.0. The molecule has 1 aromatic carbocycles. The molecule has 146 valence electrons. The molecule has 0 radical (unpaired) electrons. The second kappa shape index (κ2) is 7.82. The number of carbonyl (C=O) groups excluding carboxylic acids is 1. The first-order valence-corrected chi connectivity index (χ1v) is 10.3. The Balaban J connectivity index is 1.62. The lowest BCUT2D eigenvalue weighted by Gasteiger charge is -2.34. The summed E-state index contributed by atoms with van der Waals surface area (Å²) < 4.78 is 45.1. The van der Waals surface area contributed by atoms with E-state index in [1.165, 1.54) is 16.4 Å². The van der Waals surface area contributed by atoms with Gasteiger partial charge in [0.2, 0.25) is 15.9 Å². The van der Waals surface area contributed by atoms with Gasteiger partial charge in [-0.1, -0.05) is 0 Å². The van der Waals surface area contributed by atoms with E-state index in [2.05, 4.69) is 0 Å². The molecule has 2 aromatic rings. The number of hydrogen-bond acceptors (Lipinski definition) is 4. The third-order valence-electron chi connectivity index (χ3n) is 5.14. The van der Waals surface area contributed by atoms with E-state index in [0.717, 1.165) is 12.1 Å². The van der Waals surface area contributed by atoms with E-state index in [1.54, 1.807) is 24.3 Å². The van der Waals surface area contributed by atoms with Crippen molar-refractivity contribution in [1.82, 2.24) is 9.21 Å². The van der Waals surface area contributed by atoms with E-state index in [4.69, 9.17) is 4.42 Å². The molecule has 27 heavy (non-hydrogen) atoms. The summed E-state index contributed by atoms with van der Waals surface area (Å²) in [5.74, 6) is -0.0149. The Morgan fingerprint density at radius 1 is 1.22 bits per heavy atom. The number of furan rings is 1. The summed E-state index contributed by atoms with van der Waals surface area (Å²) in [4.78, 5) is 14.5.